The summed E-state index contributed by atoms with van der Waals surface area (Å²) in [6.45, 7) is 2.53. The van der Waals surface area contributed by atoms with Crippen molar-refractivity contribution in [1.29, 1.82) is 0 Å². The van der Waals surface area contributed by atoms with Crippen LogP contribution in [0.4, 0.5) is 0 Å². The summed E-state index contributed by atoms with van der Waals surface area (Å²) in [5.74, 6) is 0.471. The summed E-state index contributed by atoms with van der Waals surface area (Å²) < 4.78 is 0. The van der Waals surface area contributed by atoms with Gasteiger partial charge in [-0.25, -0.2) is 5.43 Å². The van der Waals surface area contributed by atoms with E-state index in [0.717, 1.165) is 30.8 Å². The molecular formula is C19H25N5O. The van der Waals surface area contributed by atoms with Gasteiger partial charge < -0.3 is 10.2 Å². The summed E-state index contributed by atoms with van der Waals surface area (Å²) in [6, 6.07) is 12.1. The third-order valence-electron chi connectivity index (χ3n) is 4.45. The summed E-state index contributed by atoms with van der Waals surface area (Å²) in [5, 5.41) is 3.51. The number of benzene rings is 1. The lowest BCUT2D eigenvalue weighted by molar-refractivity contribution is 0.0827. The van der Waals surface area contributed by atoms with Crippen LogP contribution in [-0.2, 0) is 6.54 Å². The third-order valence-corrected chi connectivity index (χ3v) is 4.45. The van der Waals surface area contributed by atoms with Gasteiger partial charge in [-0.05, 0) is 29.3 Å². The van der Waals surface area contributed by atoms with Gasteiger partial charge in [-0.1, -0.05) is 18.2 Å². The van der Waals surface area contributed by atoms with Crippen LogP contribution in [0.25, 0.3) is 0 Å². The molecule has 2 aromatic rings. The van der Waals surface area contributed by atoms with Crippen LogP contribution in [0.5, 0.6) is 0 Å². The highest BCUT2D eigenvalue weighted by Crippen LogP contribution is 2.23. The van der Waals surface area contributed by atoms with Crippen LogP contribution in [0.1, 0.15) is 27.5 Å². The molecule has 1 aliphatic rings. The first-order chi connectivity index (χ1) is 12.1. The van der Waals surface area contributed by atoms with Crippen LogP contribution < -0.4 is 16.2 Å². The number of nitrogens with one attached hydrogen (secondary N) is 3. The van der Waals surface area contributed by atoms with Crippen molar-refractivity contribution in [3.8, 4) is 0 Å². The number of carbonyl (C=O) groups is 1. The molecular weight excluding hydrogens is 314 g/mol. The zero-order valence-corrected chi connectivity index (χ0v) is 14.7. The average Bonchev–Trinajstić information content (AvgIpc) is 3.10. The summed E-state index contributed by atoms with van der Waals surface area (Å²) in [6.07, 6.45) is 3.70. The van der Waals surface area contributed by atoms with E-state index >= 15 is 0 Å². The van der Waals surface area contributed by atoms with Crippen molar-refractivity contribution < 1.29 is 4.79 Å². The Morgan fingerprint density at radius 3 is 2.96 bits per heavy atom. The van der Waals surface area contributed by atoms with Crippen molar-refractivity contribution in [2.24, 2.45) is 5.92 Å². The van der Waals surface area contributed by atoms with Crippen LogP contribution in [0.2, 0.25) is 0 Å². The van der Waals surface area contributed by atoms with Crippen molar-refractivity contribution in [1.82, 2.24) is 26.1 Å². The monoisotopic (exact) mass is 339 g/mol. The highest BCUT2D eigenvalue weighted by Gasteiger charge is 2.27. The number of aromatic nitrogens is 1. The second-order valence-electron chi connectivity index (χ2n) is 6.58. The second-order valence-corrected chi connectivity index (χ2v) is 6.58. The highest BCUT2D eigenvalue weighted by atomic mass is 16.2. The number of pyridine rings is 1. The number of hydrazine groups is 1. The predicted molar refractivity (Wildman–Crippen MR) is 97.8 cm³/mol. The van der Waals surface area contributed by atoms with Crippen molar-refractivity contribution in [3.05, 3.63) is 65.5 Å². The fourth-order valence-corrected chi connectivity index (χ4v) is 3.12. The quantitative estimate of drug-likeness (QED) is 0.741. The normalized spacial score (nSPS) is 19.8. The summed E-state index contributed by atoms with van der Waals surface area (Å²) >= 11 is 0. The molecule has 0 saturated carbocycles. The fourth-order valence-electron chi connectivity index (χ4n) is 3.12. The van der Waals surface area contributed by atoms with Gasteiger partial charge in [0.25, 0.3) is 5.91 Å². The van der Waals surface area contributed by atoms with Gasteiger partial charge in [0.1, 0.15) is 0 Å². The lowest BCUT2D eigenvalue weighted by atomic mass is 9.96. The molecule has 0 spiro atoms. The van der Waals surface area contributed by atoms with E-state index in [4.69, 9.17) is 0 Å². The maximum atomic E-state index is 12.1. The van der Waals surface area contributed by atoms with Gasteiger partial charge in [-0.3, -0.25) is 15.2 Å². The number of hydrogen-bond acceptors (Lipinski definition) is 5. The molecule has 2 unspecified atom stereocenters. The van der Waals surface area contributed by atoms with Gasteiger partial charge in [-0.15, -0.1) is 0 Å². The van der Waals surface area contributed by atoms with E-state index in [2.05, 4.69) is 27.2 Å². The molecule has 1 fully saturated rings. The molecule has 3 N–H and O–H groups in total. The number of rotatable bonds is 6. The lowest BCUT2D eigenvalue weighted by Crippen LogP contribution is -2.28. The molecule has 6 nitrogen and oxygen atoms in total. The van der Waals surface area contributed by atoms with E-state index < -0.39 is 0 Å². The van der Waals surface area contributed by atoms with E-state index in [1.54, 1.807) is 25.2 Å². The molecule has 1 aromatic carbocycles. The Labute approximate surface area is 148 Å². The third kappa shape index (κ3) is 4.42. The van der Waals surface area contributed by atoms with Crippen LogP contribution in [0.15, 0.2) is 48.8 Å². The second kappa shape index (κ2) is 8.20. The Morgan fingerprint density at radius 1 is 1.32 bits per heavy atom. The fraction of sp³-hybridized carbons (Fsp3) is 0.368. The smallest absolute Gasteiger partial charge is 0.253 e. The molecule has 0 bridgehead atoms. The molecule has 0 radical (unpaired) electrons. The van der Waals surface area contributed by atoms with Gasteiger partial charge in [0.15, 0.2) is 0 Å². The van der Waals surface area contributed by atoms with Crippen LogP contribution in [0, 0.1) is 5.92 Å². The van der Waals surface area contributed by atoms with Crippen molar-refractivity contribution >= 4 is 5.91 Å². The molecule has 2 heterocycles. The average molecular weight is 339 g/mol. The number of nitrogens with zero attached hydrogens (tertiary/aromatic N) is 2. The van der Waals surface area contributed by atoms with Crippen LogP contribution >= 0.6 is 0 Å². The number of hydrogen-bond donors (Lipinski definition) is 3. The first kappa shape index (κ1) is 17.5. The van der Waals surface area contributed by atoms with E-state index in [-0.39, 0.29) is 11.9 Å². The maximum absolute atomic E-state index is 12.1. The Kier molecular flexibility index (Phi) is 5.75. The highest BCUT2D eigenvalue weighted by molar-refractivity contribution is 5.94. The number of carbonyl (C=O) groups excluding carboxylic acids is 1. The minimum absolute atomic E-state index is 0.0303. The Hall–Kier alpha value is -2.28. The molecule has 3 rings (SSSR count). The minimum atomic E-state index is 0.0303. The zero-order chi connectivity index (χ0) is 17.6. The molecule has 6 heteroatoms. The topological polar surface area (TPSA) is 69.3 Å². The zero-order valence-electron chi connectivity index (χ0n) is 14.7. The Bertz CT molecular complexity index is 704. The first-order valence-corrected chi connectivity index (χ1v) is 8.55. The summed E-state index contributed by atoms with van der Waals surface area (Å²) in [5.41, 5.74) is 9.60. The molecule has 25 heavy (non-hydrogen) atoms. The van der Waals surface area contributed by atoms with Gasteiger partial charge >= 0.3 is 0 Å². The molecule has 1 aromatic heterocycles. The van der Waals surface area contributed by atoms with Crippen LogP contribution in [-0.4, -0.2) is 43.0 Å². The Morgan fingerprint density at radius 2 is 2.20 bits per heavy atom. The van der Waals surface area contributed by atoms with Gasteiger partial charge in [0, 0.05) is 57.6 Å². The van der Waals surface area contributed by atoms with Gasteiger partial charge in [0.05, 0.1) is 6.04 Å². The van der Waals surface area contributed by atoms with E-state index in [1.807, 2.05) is 36.5 Å². The SMILES string of the molecule is CN(C)C(=O)c1cccc(CNCC2CNNC2c2cccnc2)c1. The minimum Gasteiger partial charge on any atom is -0.345 e. The predicted octanol–water partition coefficient (Wildman–Crippen LogP) is 1.34. The number of amides is 1. The van der Waals surface area contributed by atoms with Gasteiger partial charge in [0.2, 0.25) is 0 Å². The van der Waals surface area contributed by atoms with E-state index in [0.29, 0.717) is 5.92 Å². The first-order valence-electron chi connectivity index (χ1n) is 8.55. The van der Waals surface area contributed by atoms with Crippen molar-refractivity contribution in [3.63, 3.8) is 0 Å². The van der Waals surface area contributed by atoms with Crippen molar-refractivity contribution in [2.75, 3.05) is 27.2 Å². The van der Waals surface area contributed by atoms with Crippen molar-refractivity contribution in [2.45, 2.75) is 12.6 Å². The molecule has 1 amide bonds. The summed E-state index contributed by atoms with van der Waals surface area (Å²) in [7, 11) is 3.54. The maximum Gasteiger partial charge on any atom is 0.253 e. The largest absolute Gasteiger partial charge is 0.345 e. The van der Waals surface area contributed by atoms with E-state index in [9.17, 15) is 4.79 Å². The van der Waals surface area contributed by atoms with Crippen LogP contribution in [0.3, 0.4) is 0 Å². The summed E-state index contributed by atoms with van der Waals surface area (Å²) in [4.78, 5) is 17.9. The molecule has 0 aliphatic carbocycles. The van der Waals surface area contributed by atoms with E-state index in [1.165, 1.54) is 5.56 Å². The molecule has 1 aliphatic heterocycles. The molecule has 1 saturated heterocycles. The molecule has 2 atom stereocenters. The molecule has 132 valence electrons. The lowest BCUT2D eigenvalue weighted by Gasteiger charge is -2.19. The standard InChI is InChI=1S/C19H25N5O/c1-24(2)19(25)15-6-3-5-14(9-15)10-21-12-17-13-22-23-18(17)16-7-4-8-20-11-16/h3-9,11,17-18,21-23H,10,12-13H2,1-2H3. The van der Waals surface area contributed by atoms with Gasteiger partial charge in [-0.2, -0.15) is 0 Å². The Balaban J connectivity index is 1.56.